The Balaban J connectivity index is 2.43. The summed E-state index contributed by atoms with van der Waals surface area (Å²) in [5, 5.41) is 12.0. The number of ether oxygens (including phenoxy) is 1. The van der Waals surface area contributed by atoms with Crippen LogP contribution >= 0.6 is 27.5 Å². The zero-order valence-corrected chi connectivity index (χ0v) is 12.9. The molecule has 0 unspecified atom stereocenters. The van der Waals surface area contributed by atoms with Gasteiger partial charge in [-0.15, -0.1) is 0 Å². The van der Waals surface area contributed by atoms with Gasteiger partial charge in [0, 0.05) is 22.0 Å². The number of rotatable bonds is 4. The maximum atomic E-state index is 10.9. The quantitative estimate of drug-likeness (QED) is 0.427. The lowest BCUT2D eigenvalue weighted by Crippen LogP contribution is -1.96. The van der Waals surface area contributed by atoms with Crippen LogP contribution < -0.4 is 4.74 Å². The molecule has 2 aromatic rings. The maximum absolute atomic E-state index is 10.9. The molecule has 0 aliphatic carbocycles. The van der Waals surface area contributed by atoms with E-state index >= 15 is 0 Å². The summed E-state index contributed by atoms with van der Waals surface area (Å²) in [6.07, 6.45) is 0. The molecule has 4 nitrogen and oxygen atoms in total. The number of nitrogens with zero attached hydrogens (tertiary/aromatic N) is 1. The summed E-state index contributed by atoms with van der Waals surface area (Å²) in [6.45, 7) is 1.66. The predicted molar refractivity (Wildman–Crippen MR) is 82.0 cm³/mol. The molecule has 0 aliphatic rings. The van der Waals surface area contributed by atoms with E-state index in [1.54, 1.807) is 37.3 Å². The van der Waals surface area contributed by atoms with Crippen LogP contribution in [0.1, 0.15) is 11.1 Å². The minimum Gasteiger partial charge on any atom is -0.456 e. The van der Waals surface area contributed by atoms with Gasteiger partial charge in [-0.25, -0.2) is 0 Å². The Morgan fingerprint density at radius 1 is 1.25 bits per heavy atom. The first kappa shape index (κ1) is 14.8. The van der Waals surface area contributed by atoms with Crippen molar-refractivity contribution >= 4 is 33.2 Å². The van der Waals surface area contributed by atoms with E-state index in [4.69, 9.17) is 16.3 Å². The fraction of sp³-hybridized carbons (Fsp3) is 0.143. The Bertz CT molecular complexity index is 661. The van der Waals surface area contributed by atoms with E-state index in [0.29, 0.717) is 27.4 Å². The van der Waals surface area contributed by atoms with Crippen molar-refractivity contribution in [2.45, 2.75) is 12.3 Å². The van der Waals surface area contributed by atoms with Crippen LogP contribution in [0.4, 0.5) is 5.69 Å². The van der Waals surface area contributed by atoms with E-state index in [-0.39, 0.29) is 5.69 Å². The molecule has 0 atom stereocenters. The molecule has 0 saturated heterocycles. The highest BCUT2D eigenvalue weighted by Gasteiger charge is 2.16. The van der Waals surface area contributed by atoms with Gasteiger partial charge in [-0.05, 0) is 25.1 Å². The van der Waals surface area contributed by atoms with E-state index < -0.39 is 4.92 Å². The number of nitro benzene ring substituents is 1. The Hall–Kier alpha value is -1.59. The fourth-order valence-corrected chi connectivity index (χ4v) is 2.77. The fourth-order valence-electron chi connectivity index (χ4n) is 1.79. The summed E-state index contributed by atoms with van der Waals surface area (Å²) < 4.78 is 5.78. The van der Waals surface area contributed by atoms with E-state index in [1.807, 2.05) is 0 Å². The summed E-state index contributed by atoms with van der Waals surface area (Å²) in [6, 6.07) is 10.1. The van der Waals surface area contributed by atoms with Crippen molar-refractivity contribution in [3.05, 3.63) is 62.7 Å². The van der Waals surface area contributed by atoms with Crippen LogP contribution in [0.2, 0.25) is 5.02 Å². The standard InChI is InChI=1S/C14H11BrClNO3/c1-9-12(17(18)19)5-3-6-13(9)20-14-7-2-4-11(16)10(14)8-15/h2-7H,8H2,1H3. The molecule has 0 aromatic heterocycles. The second kappa shape index (κ2) is 6.24. The first-order chi connectivity index (χ1) is 9.54. The van der Waals surface area contributed by atoms with E-state index in [0.717, 1.165) is 5.56 Å². The van der Waals surface area contributed by atoms with Gasteiger partial charge in [0.25, 0.3) is 5.69 Å². The van der Waals surface area contributed by atoms with Gasteiger partial charge in [-0.1, -0.05) is 39.7 Å². The van der Waals surface area contributed by atoms with Crippen molar-refractivity contribution < 1.29 is 9.66 Å². The first-order valence-corrected chi connectivity index (χ1v) is 7.29. The zero-order chi connectivity index (χ0) is 14.7. The van der Waals surface area contributed by atoms with Gasteiger partial charge in [0.05, 0.1) is 10.5 Å². The minimum atomic E-state index is -0.425. The lowest BCUT2D eigenvalue weighted by Gasteiger charge is -2.12. The third-order valence-electron chi connectivity index (χ3n) is 2.88. The highest BCUT2D eigenvalue weighted by atomic mass is 79.9. The van der Waals surface area contributed by atoms with Crippen LogP contribution in [0.15, 0.2) is 36.4 Å². The Morgan fingerprint density at radius 2 is 1.90 bits per heavy atom. The first-order valence-electron chi connectivity index (χ1n) is 5.79. The molecule has 2 rings (SSSR count). The molecule has 2 aromatic carbocycles. The highest BCUT2D eigenvalue weighted by molar-refractivity contribution is 9.08. The van der Waals surface area contributed by atoms with E-state index in [2.05, 4.69) is 15.9 Å². The highest BCUT2D eigenvalue weighted by Crippen LogP contribution is 2.35. The van der Waals surface area contributed by atoms with Crippen LogP contribution in [0.25, 0.3) is 0 Å². The van der Waals surface area contributed by atoms with E-state index in [9.17, 15) is 10.1 Å². The predicted octanol–water partition coefficient (Wildman–Crippen LogP) is 5.24. The number of benzene rings is 2. The van der Waals surface area contributed by atoms with Crippen molar-refractivity contribution in [1.29, 1.82) is 0 Å². The van der Waals surface area contributed by atoms with Gasteiger partial charge in [-0.2, -0.15) is 0 Å². The third kappa shape index (κ3) is 2.94. The van der Waals surface area contributed by atoms with Crippen LogP contribution in [0.5, 0.6) is 11.5 Å². The Morgan fingerprint density at radius 3 is 2.55 bits per heavy atom. The molecule has 0 N–H and O–H groups in total. The lowest BCUT2D eigenvalue weighted by atomic mass is 10.1. The van der Waals surface area contributed by atoms with Gasteiger partial charge in [0.15, 0.2) is 0 Å². The van der Waals surface area contributed by atoms with Crippen LogP contribution in [0.3, 0.4) is 0 Å². The molecule has 0 spiro atoms. The van der Waals surface area contributed by atoms with Gasteiger partial charge in [-0.3, -0.25) is 10.1 Å². The average Bonchev–Trinajstić information content (AvgIpc) is 2.41. The SMILES string of the molecule is Cc1c(Oc2cccc(Cl)c2CBr)cccc1[N+](=O)[O-]. The molecule has 0 radical (unpaired) electrons. The normalized spacial score (nSPS) is 10.3. The molecule has 0 amide bonds. The second-order valence-electron chi connectivity index (χ2n) is 4.11. The summed E-state index contributed by atoms with van der Waals surface area (Å²) >= 11 is 9.46. The van der Waals surface area contributed by atoms with Crippen molar-refractivity contribution in [2.24, 2.45) is 0 Å². The molecule has 104 valence electrons. The molecule has 6 heteroatoms. The number of nitro groups is 1. The molecule has 0 fully saturated rings. The maximum Gasteiger partial charge on any atom is 0.276 e. The van der Waals surface area contributed by atoms with Gasteiger partial charge in [0.1, 0.15) is 11.5 Å². The van der Waals surface area contributed by atoms with Gasteiger partial charge >= 0.3 is 0 Å². The van der Waals surface area contributed by atoms with Crippen LogP contribution in [-0.2, 0) is 5.33 Å². The van der Waals surface area contributed by atoms with Crippen molar-refractivity contribution in [3.8, 4) is 11.5 Å². The summed E-state index contributed by atoms with van der Waals surface area (Å²) in [5.74, 6) is 1.03. The number of halogens is 2. The topological polar surface area (TPSA) is 52.4 Å². The van der Waals surface area contributed by atoms with Gasteiger partial charge < -0.3 is 4.74 Å². The van der Waals surface area contributed by atoms with E-state index in [1.165, 1.54) is 6.07 Å². The smallest absolute Gasteiger partial charge is 0.276 e. The third-order valence-corrected chi connectivity index (χ3v) is 3.80. The monoisotopic (exact) mass is 355 g/mol. The Kier molecular flexibility index (Phi) is 4.62. The molecule has 20 heavy (non-hydrogen) atoms. The van der Waals surface area contributed by atoms with Gasteiger partial charge in [0.2, 0.25) is 0 Å². The number of hydrogen-bond donors (Lipinski definition) is 0. The number of alkyl halides is 1. The largest absolute Gasteiger partial charge is 0.456 e. The summed E-state index contributed by atoms with van der Waals surface area (Å²) in [4.78, 5) is 10.5. The van der Waals surface area contributed by atoms with Crippen molar-refractivity contribution in [1.82, 2.24) is 0 Å². The molecular weight excluding hydrogens is 346 g/mol. The summed E-state index contributed by atoms with van der Waals surface area (Å²) in [5.41, 5.74) is 1.32. The van der Waals surface area contributed by atoms with Crippen molar-refractivity contribution in [3.63, 3.8) is 0 Å². The van der Waals surface area contributed by atoms with Crippen LogP contribution in [-0.4, -0.2) is 4.92 Å². The summed E-state index contributed by atoms with van der Waals surface area (Å²) in [7, 11) is 0. The second-order valence-corrected chi connectivity index (χ2v) is 5.08. The minimum absolute atomic E-state index is 0.0323. The zero-order valence-electron chi connectivity index (χ0n) is 10.6. The molecule has 0 bridgehead atoms. The molecule has 0 heterocycles. The lowest BCUT2D eigenvalue weighted by molar-refractivity contribution is -0.385. The number of hydrogen-bond acceptors (Lipinski definition) is 3. The Labute approximate surface area is 129 Å². The molecular formula is C14H11BrClNO3. The molecule has 0 aliphatic heterocycles. The molecule has 0 saturated carbocycles. The average molecular weight is 357 g/mol. The van der Waals surface area contributed by atoms with Crippen molar-refractivity contribution in [2.75, 3.05) is 0 Å². The van der Waals surface area contributed by atoms with Crippen LogP contribution in [0, 0.1) is 17.0 Å².